The number of nitrogens with one attached hydrogen (secondary N) is 3. The summed E-state index contributed by atoms with van der Waals surface area (Å²) in [6, 6.07) is 4.50. The van der Waals surface area contributed by atoms with Gasteiger partial charge in [0.05, 0.1) is 16.6 Å². The van der Waals surface area contributed by atoms with Crippen molar-refractivity contribution in [1.29, 1.82) is 0 Å². The van der Waals surface area contributed by atoms with Crippen LogP contribution in [0.2, 0.25) is 10.0 Å². The van der Waals surface area contributed by atoms with Crippen LogP contribution in [0.1, 0.15) is 16.8 Å². The van der Waals surface area contributed by atoms with Crippen molar-refractivity contribution in [2.75, 3.05) is 39.8 Å². The number of likely N-dealkylation sites (tertiary alicyclic amines) is 1. The van der Waals surface area contributed by atoms with Crippen molar-refractivity contribution in [3.05, 3.63) is 33.8 Å². The molecule has 1 atom stereocenters. The largest absolute Gasteiger partial charge is 0.401 e. The smallest absolute Gasteiger partial charge is 0.355 e. The zero-order valence-corrected chi connectivity index (χ0v) is 19.5. The van der Waals surface area contributed by atoms with E-state index in [1.54, 1.807) is 19.2 Å². The average molecular weight is 568 g/mol. The van der Waals surface area contributed by atoms with Gasteiger partial charge in [-0.05, 0) is 24.6 Å². The van der Waals surface area contributed by atoms with Gasteiger partial charge < -0.3 is 16.0 Å². The fourth-order valence-electron chi connectivity index (χ4n) is 2.83. The first-order valence-electron chi connectivity index (χ1n) is 8.67. The van der Waals surface area contributed by atoms with Crippen LogP contribution in [0.4, 0.5) is 13.2 Å². The molecule has 12 heteroatoms. The molecule has 0 aliphatic carbocycles. The van der Waals surface area contributed by atoms with Gasteiger partial charge in [-0.1, -0.05) is 23.2 Å². The molecule has 29 heavy (non-hydrogen) atoms. The molecule has 1 heterocycles. The Hall–Kier alpha value is -0.980. The third-order valence-corrected chi connectivity index (χ3v) is 4.86. The molecule has 164 valence electrons. The molecule has 0 saturated carbocycles. The second-order valence-corrected chi connectivity index (χ2v) is 7.18. The van der Waals surface area contributed by atoms with Gasteiger partial charge in [0.15, 0.2) is 5.96 Å². The van der Waals surface area contributed by atoms with Gasteiger partial charge in [0.25, 0.3) is 5.91 Å². The van der Waals surface area contributed by atoms with E-state index in [9.17, 15) is 18.0 Å². The van der Waals surface area contributed by atoms with E-state index in [0.717, 1.165) is 0 Å². The molecule has 1 aliphatic rings. The molecule has 1 aromatic carbocycles. The maximum absolute atomic E-state index is 12.5. The second kappa shape index (κ2) is 12.0. The molecular formula is C17H23Cl2F3IN5O. The predicted molar refractivity (Wildman–Crippen MR) is 120 cm³/mol. The molecule has 0 radical (unpaired) electrons. The van der Waals surface area contributed by atoms with E-state index in [1.807, 2.05) is 0 Å². The fraction of sp³-hybridized carbons (Fsp3) is 0.529. The Morgan fingerprint density at radius 1 is 1.24 bits per heavy atom. The second-order valence-electron chi connectivity index (χ2n) is 6.36. The Balaban J connectivity index is 0.00000420. The number of rotatable bonds is 6. The SMILES string of the molecule is CN=C(NCCNC(=O)c1ccc(Cl)c(Cl)c1)NC1CCN(CC(F)(F)F)C1.I. The molecule has 1 unspecified atom stereocenters. The van der Waals surface area contributed by atoms with Crippen molar-refractivity contribution in [1.82, 2.24) is 20.9 Å². The minimum Gasteiger partial charge on any atom is -0.355 e. The molecule has 1 amide bonds. The Morgan fingerprint density at radius 3 is 2.55 bits per heavy atom. The number of aliphatic imine (C=N–C) groups is 1. The quantitative estimate of drug-likeness (QED) is 0.214. The molecule has 3 N–H and O–H groups in total. The number of alkyl halides is 3. The predicted octanol–water partition coefficient (Wildman–Crippen LogP) is 3.14. The van der Waals surface area contributed by atoms with Crippen molar-refractivity contribution in [2.45, 2.75) is 18.6 Å². The lowest BCUT2D eigenvalue weighted by molar-refractivity contribution is -0.143. The van der Waals surface area contributed by atoms with Crippen LogP contribution in [-0.4, -0.2) is 68.8 Å². The monoisotopic (exact) mass is 567 g/mol. The summed E-state index contributed by atoms with van der Waals surface area (Å²) in [5, 5.41) is 9.53. The lowest BCUT2D eigenvalue weighted by Crippen LogP contribution is -2.47. The highest BCUT2D eigenvalue weighted by Gasteiger charge is 2.34. The van der Waals surface area contributed by atoms with Crippen molar-refractivity contribution in [3.63, 3.8) is 0 Å². The lowest BCUT2D eigenvalue weighted by atomic mass is 10.2. The zero-order valence-electron chi connectivity index (χ0n) is 15.7. The topological polar surface area (TPSA) is 68.8 Å². The molecule has 0 aromatic heterocycles. The van der Waals surface area contributed by atoms with Crippen LogP contribution in [0.5, 0.6) is 0 Å². The summed E-state index contributed by atoms with van der Waals surface area (Å²) < 4.78 is 37.4. The minimum atomic E-state index is -4.19. The van der Waals surface area contributed by atoms with E-state index < -0.39 is 12.7 Å². The molecule has 0 spiro atoms. The Morgan fingerprint density at radius 2 is 1.93 bits per heavy atom. The van der Waals surface area contributed by atoms with Gasteiger partial charge in [0.1, 0.15) is 0 Å². The molecule has 1 fully saturated rings. The van der Waals surface area contributed by atoms with E-state index >= 15 is 0 Å². The highest BCUT2D eigenvalue weighted by molar-refractivity contribution is 14.0. The molecule has 1 aromatic rings. The molecule has 1 saturated heterocycles. The van der Waals surface area contributed by atoms with Gasteiger partial charge in [-0.3, -0.25) is 14.7 Å². The van der Waals surface area contributed by atoms with Gasteiger partial charge in [0.2, 0.25) is 0 Å². The van der Waals surface area contributed by atoms with E-state index in [1.165, 1.54) is 11.0 Å². The number of guanidine groups is 1. The van der Waals surface area contributed by atoms with Gasteiger partial charge in [-0.25, -0.2) is 0 Å². The zero-order chi connectivity index (χ0) is 20.7. The first kappa shape index (κ1) is 26.1. The van der Waals surface area contributed by atoms with Crippen LogP contribution < -0.4 is 16.0 Å². The standard InChI is InChI=1S/C17H22Cl2F3N5O.HI/c1-23-16(26-12-4-7-27(9-12)10-17(20,21)22)25-6-5-24-15(28)11-2-3-13(18)14(19)8-11;/h2-3,8,12H,4-7,9-10H2,1H3,(H,24,28)(H2,23,25,26);1H. The van der Waals surface area contributed by atoms with Crippen molar-refractivity contribution >= 4 is 59.0 Å². The van der Waals surface area contributed by atoms with E-state index in [-0.39, 0.29) is 35.9 Å². The van der Waals surface area contributed by atoms with Crippen molar-refractivity contribution in [2.24, 2.45) is 4.99 Å². The highest BCUT2D eigenvalue weighted by atomic mass is 127. The van der Waals surface area contributed by atoms with Crippen LogP contribution in [0.3, 0.4) is 0 Å². The minimum absolute atomic E-state index is 0. The molecule has 6 nitrogen and oxygen atoms in total. The Bertz CT molecular complexity index is 721. The fourth-order valence-corrected chi connectivity index (χ4v) is 3.13. The average Bonchev–Trinajstić information content (AvgIpc) is 3.04. The van der Waals surface area contributed by atoms with E-state index in [4.69, 9.17) is 23.2 Å². The van der Waals surface area contributed by atoms with Crippen molar-refractivity contribution in [3.8, 4) is 0 Å². The maximum Gasteiger partial charge on any atom is 0.401 e. The normalized spacial score (nSPS) is 17.6. The van der Waals surface area contributed by atoms with Crippen LogP contribution in [0, 0.1) is 0 Å². The van der Waals surface area contributed by atoms with Gasteiger partial charge in [-0.2, -0.15) is 13.2 Å². The van der Waals surface area contributed by atoms with Crippen molar-refractivity contribution < 1.29 is 18.0 Å². The number of hydrogen-bond acceptors (Lipinski definition) is 3. The third kappa shape index (κ3) is 9.14. The third-order valence-electron chi connectivity index (χ3n) is 4.12. The number of amides is 1. The van der Waals surface area contributed by atoms with E-state index in [0.29, 0.717) is 54.2 Å². The maximum atomic E-state index is 12.5. The Labute approximate surface area is 194 Å². The summed E-state index contributed by atoms with van der Waals surface area (Å²) in [6.07, 6.45) is -3.59. The van der Waals surface area contributed by atoms with Gasteiger partial charge >= 0.3 is 6.18 Å². The summed E-state index contributed by atoms with van der Waals surface area (Å²) in [6.45, 7) is 0.497. The summed E-state index contributed by atoms with van der Waals surface area (Å²) >= 11 is 11.7. The van der Waals surface area contributed by atoms with Crippen LogP contribution in [0.15, 0.2) is 23.2 Å². The van der Waals surface area contributed by atoms with Gasteiger partial charge in [-0.15, -0.1) is 24.0 Å². The number of carbonyl (C=O) groups excluding carboxylic acids is 1. The number of nitrogens with zero attached hydrogens (tertiary/aromatic N) is 2. The summed E-state index contributed by atoms with van der Waals surface area (Å²) in [5.41, 5.74) is 0.396. The molecular weight excluding hydrogens is 545 g/mol. The first-order valence-corrected chi connectivity index (χ1v) is 9.43. The van der Waals surface area contributed by atoms with Crippen LogP contribution in [-0.2, 0) is 0 Å². The molecule has 1 aliphatic heterocycles. The number of carbonyl (C=O) groups is 1. The molecule has 0 bridgehead atoms. The lowest BCUT2D eigenvalue weighted by Gasteiger charge is -2.19. The summed E-state index contributed by atoms with van der Waals surface area (Å²) in [4.78, 5) is 17.5. The highest BCUT2D eigenvalue weighted by Crippen LogP contribution is 2.22. The number of hydrogen-bond donors (Lipinski definition) is 3. The van der Waals surface area contributed by atoms with Crippen LogP contribution >= 0.6 is 47.2 Å². The summed E-state index contributed by atoms with van der Waals surface area (Å²) in [7, 11) is 1.58. The van der Waals surface area contributed by atoms with Gasteiger partial charge in [0, 0.05) is 44.8 Å². The number of halogens is 6. The van der Waals surface area contributed by atoms with Crippen LogP contribution in [0.25, 0.3) is 0 Å². The first-order chi connectivity index (χ1) is 13.2. The Kier molecular flexibility index (Phi) is 10.8. The summed E-state index contributed by atoms with van der Waals surface area (Å²) in [5.74, 6) is 0.185. The number of benzene rings is 1. The van der Waals surface area contributed by atoms with E-state index in [2.05, 4.69) is 20.9 Å². The molecule has 2 rings (SSSR count).